The average Bonchev–Trinajstić information content (AvgIpc) is 3.50. The van der Waals surface area contributed by atoms with E-state index in [1.807, 2.05) is 12.1 Å². The zero-order valence-electron chi connectivity index (χ0n) is 14.3. The molecule has 6 heteroatoms. The van der Waals surface area contributed by atoms with E-state index in [0.29, 0.717) is 28.5 Å². The highest BCUT2D eigenvalue weighted by molar-refractivity contribution is 6.30. The third-order valence-corrected chi connectivity index (χ3v) is 4.92. The minimum atomic E-state index is -0.939. The maximum absolute atomic E-state index is 13.9. The summed E-state index contributed by atoms with van der Waals surface area (Å²) in [5.41, 5.74) is 3.08. The summed E-state index contributed by atoms with van der Waals surface area (Å²) in [4.78, 5) is 20.1. The van der Waals surface area contributed by atoms with Gasteiger partial charge in [-0.25, -0.2) is 19.2 Å². The number of hydrogen-bond donors (Lipinski definition) is 1. The molecule has 4 nitrogen and oxygen atoms in total. The summed E-state index contributed by atoms with van der Waals surface area (Å²) in [5.74, 6) is -0.657. The molecular formula is C21H16ClFN2O2. The lowest BCUT2D eigenvalue weighted by Crippen LogP contribution is -2.05. The molecule has 0 unspecified atom stereocenters. The first-order valence-corrected chi connectivity index (χ1v) is 9.01. The Morgan fingerprint density at radius 2 is 1.89 bits per heavy atom. The summed E-state index contributed by atoms with van der Waals surface area (Å²) >= 11 is 5.91. The fourth-order valence-corrected chi connectivity index (χ4v) is 3.26. The fraction of sp³-hybridized carbons (Fsp3) is 0.190. The highest BCUT2D eigenvalue weighted by Crippen LogP contribution is 2.40. The quantitative estimate of drug-likeness (QED) is 0.666. The number of carbonyl (C=O) groups is 1. The molecule has 1 aromatic heterocycles. The molecule has 0 saturated heterocycles. The molecule has 1 aliphatic carbocycles. The molecule has 27 heavy (non-hydrogen) atoms. The molecule has 1 fully saturated rings. The van der Waals surface area contributed by atoms with Crippen molar-refractivity contribution in [1.82, 2.24) is 9.97 Å². The lowest BCUT2D eigenvalue weighted by Gasteiger charge is -2.09. The van der Waals surface area contributed by atoms with Gasteiger partial charge in [-0.05, 0) is 59.7 Å². The van der Waals surface area contributed by atoms with E-state index in [0.717, 1.165) is 24.0 Å². The van der Waals surface area contributed by atoms with E-state index >= 15 is 0 Å². The summed E-state index contributed by atoms with van der Waals surface area (Å²) in [5, 5.41) is 9.94. The van der Waals surface area contributed by atoms with Gasteiger partial charge >= 0.3 is 5.97 Å². The van der Waals surface area contributed by atoms with Crippen molar-refractivity contribution in [3.63, 3.8) is 0 Å². The molecule has 136 valence electrons. The molecule has 0 bridgehead atoms. The number of hydrogen-bond acceptors (Lipinski definition) is 3. The van der Waals surface area contributed by atoms with Crippen molar-refractivity contribution >= 4 is 17.6 Å². The van der Waals surface area contributed by atoms with Gasteiger partial charge in [0.05, 0.1) is 11.1 Å². The topological polar surface area (TPSA) is 63.1 Å². The van der Waals surface area contributed by atoms with Gasteiger partial charge in [-0.2, -0.15) is 0 Å². The zero-order valence-corrected chi connectivity index (χ0v) is 15.1. The average molecular weight is 383 g/mol. The summed E-state index contributed by atoms with van der Waals surface area (Å²) in [7, 11) is 0. The molecule has 0 radical (unpaired) electrons. The number of rotatable bonds is 5. The van der Waals surface area contributed by atoms with E-state index in [-0.39, 0.29) is 11.4 Å². The normalized spacial score (nSPS) is 13.6. The van der Waals surface area contributed by atoms with Crippen molar-refractivity contribution in [2.24, 2.45) is 0 Å². The molecule has 3 aromatic rings. The Balaban J connectivity index is 1.60. The molecule has 0 spiro atoms. The zero-order chi connectivity index (χ0) is 19.0. The van der Waals surface area contributed by atoms with Crippen molar-refractivity contribution < 1.29 is 14.3 Å². The second-order valence-corrected chi connectivity index (χ2v) is 7.15. The first-order valence-electron chi connectivity index (χ1n) is 8.64. The smallest absolute Gasteiger partial charge is 0.335 e. The maximum Gasteiger partial charge on any atom is 0.335 e. The molecule has 0 amide bonds. The second-order valence-electron chi connectivity index (χ2n) is 6.71. The minimum Gasteiger partial charge on any atom is -0.478 e. The molecule has 1 N–H and O–H groups in total. The van der Waals surface area contributed by atoms with Crippen LogP contribution in [0.1, 0.15) is 45.8 Å². The number of nitrogens with zero attached hydrogens (tertiary/aromatic N) is 2. The van der Waals surface area contributed by atoms with E-state index < -0.39 is 11.8 Å². The third kappa shape index (κ3) is 3.83. The van der Waals surface area contributed by atoms with Crippen LogP contribution in [0.2, 0.25) is 5.02 Å². The van der Waals surface area contributed by atoms with Crippen LogP contribution in [-0.4, -0.2) is 21.0 Å². The number of carboxylic acids is 1. The summed E-state index contributed by atoms with van der Waals surface area (Å²) in [6.45, 7) is 0. The van der Waals surface area contributed by atoms with Gasteiger partial charge in [0.1, 0.15) is 5.82 Å². The van der Waals surface area contributed by atoms with Crippen LogP contribution in [0.25, 0.3) is 11.4 Å². The van der Waals surface area contributed by atoms with E-state index in [1.54, 1.807) is 18.5 Å². The van der Waals surface area contributed by atoms with Gasteiger partial charge in [-0.15, -0.1) is 0 Å². The van der Waals surface area contributed by atoms with E-state index in [9.17, 15) is 14.3 Å². The van der Waals surface area contributed by atoms with Crippen LogP contribution in [0.15, 0.2) is 48.8 Å². The van der Waals surface area contributed by atoms with Crippen LogP contribution in [0.5, 0.6) is 0 Å². The predicted molar refractivity (Wildman–Crippen MR) is 101 cm³/mol. The van der Waals surface area contributed by atoms with Gasteiger partial charge < -0.3 is 5.11 Å². The van der Waals surface area contributed by atoms with Gasteiger partial charge in [0.25, 0.3) is 0 Å². The Hall–Kier alpha value is -2.79. The maximum atomic E-state index is 13.9. The molecule has 0 aliphatic heterocycles. The largest absolute Gasteiger partial charge is 0.478 e. The van der Waals surface area contributed by atoms with Gasteiger partial charge in [0.2, 0.25) is 0 Å². The summed E-state index contributed by atoms with van der Waals surface area (Å²) < 4.78 is 13.9. The number of halogens is 2. The van der Waals surface area contributed by atoms with Crippen molar-refractivity contribution in [1.29, 1.82) is 0 Å². The van der Waals surface area contributed by atoms with E-state index in [1.165, 1.54) is 18.2 Å². The van der Waals surface area contributed by atoms with Crippen molar-refractivity contribution in [3.05, 3.63) is 81.9 Å². The summed E-state index contributed by atoms with van der Waals surface area (Å²) in [6.07, 6.45) is 5.80. The molecule has 1 aliphatic rings. The number of aromatic carboxylic acids is 1. The predicted octanol–water partition coefficient (Wildman–Crippen LogP) is 5.10. The summed E-state index contributed by atoms with van der Waals surface area (Å²) in [6, 6.07) is 9.84. The van der Waals surface area contributed by atoms with Gasteiger partial charge in [-0.1, -0.05) is 23.7 Å². The van der Waals surface area contributed by atoms with Crippen LogP contribution in [0.3, 0.4) is 0 Å². The molecule has 2 aromatic carbocycles. The van der Waals surface area contributed by atoms with Crippen LogP contribution < -0.4 is 0 Å². The van der Waals surface area contributed by atoms with Gasteiger partial charge in [-0.3, -0.25) is 0 Å². The Morgan fingerprint density at radius 3 is 2.56 bits per heavy atom. The van der Waals surface area contributed by atoms with Crippen molar-refractivity contribution in [3.8, 4) is 11.4 Å². The van der Waals surface area contributed by atoms with Crippen molar-refractivity contribution in [2.45, 2.75) is 25.2 Å². The lowest BCUT2D eigenvalue weighted by molar-refractivity contribution is 0.0695. The standard InChI is InChI=1S/C21H16ClFN2O2/c22-16-5-6-19(23)18(9-16)20-24-10-12(11-25-20)7-15-4-3-14(13-1-2-13)8-17(15)21(26)27/h3-6,8-11,13H,1-2,7H2,(H,26,27). The van der Waals surface area contributed by atoms with Gasteiger partial charge in [0.15, 0.2) is 5.82 Å². The molecule has 0 atom stereocenters. The Morgan fingerprint density at radius 1 is 1.15 bits per heavy atom. The van der Waals surface area contributed by atoms with Crippen LogP contribution in [0.4, 0.5) is 4.39 Å². The highest BCUT2D eigenvalue weighted by Gasteiger charge is 2.25. The second kappa shape index (κ2) is 7.08. The third-order valence-electron chi connectivity index (χ3n) is 4.68. The van der Waals surface area contributed by atoms with Crippen LogP contribution in [0, 0.1) is 5.82 Å². The SMILES string of the molecule is O=C(O)c1cc(C2CC2)ccc1Cc1cnc(-c2cc(Cl)ccc2F)nc1. The van der Waals surface area contributed by atoms with Crippen molar-refractivity contribution in [2.75, 3.05) is 0 Å². The molecule has 4 rings (SSSR count). The van der Waals surface area contributed by atoms with E-state index in [4.69, 9.17) is 11.6 Å². The molecule has 1 heterocycles. The van der Waals surface area contributed by atoms with E-state index in [2.05, 4.69) is 9.97 Å². The Bertz CT molecular complexity index is 1020. The Kier molecular flexibility index (Phi) is 4.62. The van der Waals surface area contributed by atoms with Crippen LogP contribution >= 0.6 is 11.6 Å². The number of aromatic nitrogens is 2. The highest BCUT2D eigenvalue weighted by atomic mass is 35.5. The minimum absolute atomic E-state index is 0.231. The fourth-order valence-electron chi connectivity index (χ4n) is 3.09. The molecule has 1 saturated carbocycles. The van der Waals surface area contributed by atoms with Gasteiger partial charge in [0, 0.05) is 23.8 Å². The Labute approximate surface area is 160 Å². The lowest BCUT2D eigenvalue weighted by atomic mass is 9.97. The first kappa shape index (κ1) is 17.6. The number of benzene rings is 2. The number of carboxylic acid groups (broad SMARTS) is 1. The van der Waals surface area contributed by atoms with Crippen LogP contribution in [-0.2, 0) is 6.42 Å². The molecular weight excluding hydrogens is 367 g/mol. The first-order chi connectivity index (χ1) is 13.0. The monoisotopic (exact) mass is 382 g/mol.